The lowest BCUT2D eigenvalue weighted by Gasteiger charge is -2.10. The molecule has 1 heterocycles. The Hall–Kier alpha value is -3.69. The number of carbonyl (C=O) groups is 1. The minimum atomic E-state index is -4.46. The molecule has 1 aromatic heterocycles. The third-order valence-corrected chi connectivity index (χ3v) is 3.96. The van der Waals surface area contributed by atoms with Gasteiger partial charge in [-0.15, -0.1) is 0 Å². The number of nitro benzene ring substituents is 1. The molecular weight excluding hydrogens is 377 g/mol. The molecule has 0 atom stereocenters. The number of aromatic nitrogens is 2. The minimum absolute atomic E-state index is 0.0983. The van der Waals surface area contributed by atoms with Gasteiger partial charge < -0.3 is 5.32 Å². The van der Waals surface area contributed by atoms with E-state index in [0.717, 1.165) is 12.1 Å². The van der Waals surface area contributed by atoms with Crippen molar-refractivity contribution in [3.05, 3.63) is 81.5 Å². The van der Waals surface area contributed by atoms with E-state index in [-0.39, 0.29) is 17.8 Å². The van der Waals surface area contributed by atoms with Crippen LogP contribution in [0.1, 0.15) is 21.5 Å². The number of non-ortho nitro benzene ring substituents is 1. The molecule has 0 fully saturated rings. The topological polar surface area (TPSA) is 101 Å². The SMILES string of the molecule is O=C(NCc1cccc(C(F)(F)F)c1)c1cn[nH]c1-c1ccc([N+](=O)[O-])cc1. The van der Waals surface area contributed by atoms with Gasteiger partial charge >= 0.3 is 6.18 Å². The average molecular weight is 390 g/mol. The molecule has 0 unspecified atom stereocenters. The largest absolute Gasteiger partial charge is 0.416 e. The molecule has 0 saturated carbocycles. The molecule has 3 rings (SSSR count). The maximum atomic E-state index is 12.8. The summed E-state index contributed by atoms with van der Waals surface area (Å²) >= 11 is 0. The third-order valence-electron chi connectivity index (χ3n) is 3.96. The highest BCUT2D eigenvalue weighted by Gasteiger charge is 2.30. The number of hydrogen-bond donors (Lipinski definition) is 2. The van der Waals surface area contributed by atoms with E-state index in [1.165, 1.54) is 42.6 Å². The van der Waals surface area contributed by atoms with Crippen LogP contribution in [0.5, 0.6) is 0 Å². The number of nitrogens with zero attached hydrogens (tertiary/aromatic N) is 2. The first-order valence-electron chi connectivity index (χ1n) is 7.98. The van der Waals surface area contributed by atoms with Crippen LogP contribution in [0.15, 0.2) is 54.7 Å². The van der Waals surface area contributed by atoms with Crippen LogP contribution in [0.2, 0.25) is 0 Å². The maximum Gasteiger partial charge on any atom is 0.416 e. The van der Waals surface area contributed by atoms with Crippen LogP contribution >= 0.6 is 0 Å². The number of nitro groups is 1. The summed E-state index contributed by atoms with van der Waals surface area (Å²) < 4.78 is 38.3. The van der Waals surface area contributed by atoms with Crippen LogP contribution in [0.4, 0.5) is 18.9 Å². The summed E-state index contributed by atoms with van der Waals surface area (Å²) in [6, 6.07) is 10.2. The van der Waals surface area contributed by atoms with Gasteiger partial charge in [0.05, 0.1) is 27.9 Å². The van der Waals surface area contributed by atoms with Crippen molar-refractivity contribution in [3.63, 3.8) is 0 Å². The summed E-state index contributed by atoms with van der Waals surface area (Å²) in [5, 5.41) is 19.7. The van der Waals surface area contributed by atoms with Gasteiger partial charge in [0.15, 0.2) is 0 Å². The lowest BCUT2D eigenvalue weighted by molar-refractivity contribution is -0.384. The summed E-state index contributed by atoms with van der Waals surface area (Å²) in [7, 11) is 0. The van der Waals surface area contributed by atoms with Crippen molar-refractivity contribution in [1.82, 2.24) is 15.5 Å². The normalized spacial score (nSPS) is 11.2. The van der Waals surface area contributed by atoms with Gasteiger partial charge in [0.2, 0.25) is 0 Å². The highest BCUT2D eigenvalue weighted by Crippen LogP contribution is 2.29. The fourth-order valence-electron chi connectivity index (χ4n) is 2.56. The number of aromatic amines is 1. The van der Waals surface area contributed by atoms with Crippen LogP contribution in [0.3, 0.4) is 0 Å². The van der Waals surface area contributed by atoms with Crippen LogP contribution in [0.25, 0.3) is 11.3 Å². The summed E-state index contributed by atoms with van der Waals surface area (Å²) in [5.74, 6) is -0.542. The number of rotatable bonds is 5. The van der Waals surface area contributed by atoms with Gasteiger partial charge in [0, 0.05) is 24.2 Å². The maximum absolute atomic E-state index is 12.8. The van der Waals surface area contributed by atoms with Gasteiger partial charge in [0.25, 0.3) is 11.6 Å². The molecule has 28 heavy (non-hydrogen) atoms. The molecule has 1 amide bonds. The number of alkyl halides is 3. The van der Waals surface area contributed by atoms with E-state index in [9.17, 15) is 28.1 Å². The summed E-state index contributed by atoms with van der Waals surface area (Å²) in [4.78, 5) is 22.6. The Balaban J connectivity index is 1.74. The monoisotopic (exact) mass is 390 g/mol. The second-order valence-corrected chi connectivity index (χ2v) is 5.84. The predicted octanol–water partition coefficient (Wildman–Crippen LogP) is 3.93. The Morgan fingerprint density at radius 3 is 2.54 bits per heavy atom. The minimum Gasteiger partial charge on any atom is -0.348 e. The molecule has 0 bridgehead atoms. The molecule has 0 aliphatic rings. The van der Waals surface area contributed by atoms with Crippen molar-refractivity contribution in [3.8, 4) is 11.3 Å². The molecule has 0 radical (unpaired) electrons. The molecule has 0 aliphatic heterocycles. The molecule has 0 spiro atoms. The van der Waals surface area contributed by atoms with Gasteiger partial charge in [-0.05, 0) is 29.8 Å². The Morgan fingerprint density at radius 2 is 1.89 bits per heavy atom. The fraction of sp³-hybridized carbons (Fsp3) is 0.111. The van der Waals surface area contributed by atoms with Crippen LogP contribution < -0.4 is 5.32 Å². The summed E-state index contributed by atoms with van der Waals surface area (Å²) in [6.45, 7) is -0.104. The van der Waals surface area contributed by atoms with Gasteiger partial charge in [-0.2, -0.15) is 18.3 Å². The number of amides is 1. The zero-order valence-corrected chi connectivity index (χ0v) is 14.2. The van der Waals surface area contributed by atoms with E-state index in [0.29, 0.717) is 16.8 Å². The zero-order chi connectivity index (χ0) is 20.3. The van der Waals surface area contributed by atoms with Gasteiger partial charge in [-0.25, -0.2) is 0 Å². The van der Waals surface area contributed by atoms with Gasteiger partial charge in [-0.1, -0.05) is 12.1 Å². The van der Waals surface area contributed by atoms with E-state index in [4.69, 9.17) is 0 Å². The number of hydrogen-bond acceptors (Lipinski definition) is 4. The average Bonchev–Trinajstić information content (AvgIpc) is 3.15. The van der Waals surface area contributed by atoms with Crippen molar-refractivity contribution in [2.75, 3.05) is 0 Å². The van der Waals surface area contributed by atoms with Crippen LogP contribution in [-0.2, 0) is 12.7 Å². The lowest BCUT2D eigenvalue weighted by Crippen LogP contribution is -2.23. The zero-order valence-electron chi connectivity index (χ0n) is 14.2. The molecule has 10 heteroatoms. The molecule has 0 aliphatic carbocycles. The van der Waals surface area contributed by atoms with E-state index in [1.54, 1.807) is 0 Å². The molecule has 2 aromatic carbocycles. The number of H-pyrrole nitrogens is 1. The summed E-state index contributed by atoms with van der Waals surface area (Å²) in [6.07, 6.45) is -3.19. The number of carbonyl (C=O) groups excluding carboxylic acids is 1. The summed E-state index contributed by atoms with van der Waals surface area (Å²) in [5.41, 5.74) is 0.418. The molecule has 7 nitrogen and oxygen atoms in total. The Kier molecular flexibility index (Phi) is 5.12. The smallest absolute Gasteiger partial charge is 0.348 e. The highest BCUT2D eigenvalue weighted by atomic mass is 19.4. The standard InChI is InChI=1S/C18H13F3N4O3/c19-18(20,21)13-3-1-2-11(8-13)9-22-17(26)15-10-23-24-16(15)12-4-6-14(7-5-12)25(27)28/h1-8,10H,9H2,(H,22,26)(H,23,24). The van der Waals surface area contributed by atoms with Crippen molar-refractivity contribution < 1.29 is 22.9 Å². The van der Waals surface area contributed by atoms with Crippen molar-refractivity contribution >= 4 is 11.6 Å². The molecule has 2 N–H and O–H groups in total. The second-order valence-electron chi connectivity index (χ2n) is 5.84. The highest BCUT2D eigenvalue weighted by molar-refractivity contribution is 5.99. The quantitative estimate of drug-likeness (QED) is 0.509. The molecule has 3 aromatic rings. The molecule has 0 saturated heterocycles. The van der Waals surface area contributed by atoms with Gasteiger partial charge in [0.1, 0.15) is 0 Å². The van der Waals surface area contributed by atoms with Gasteiger partial charge in [-0.3, -0.25) is 20.0 Å². The van der Waals surface area contributed by atoms with E-state index < -0.39 is 22.6 Å². The van der Waals surface area contributed by atoms with Crippen LogP contribution in [-0.4, -0.2) is 21.0 Å². The van der Waals surface area contributed by atoms with E-state index in [1.807, 2.05) is 0 Å². The van der Waals surface area contributed by atoms with Crippen molar-refractivity contribution in [2.45, 2.75) is 12.7 Å². The first-order valence-corrected chi connectivity index (χ1v) is 7.98. The number of benzene rings is 2. The van der Waals surface area contributed by atoms with Crippen molar-refractivity contribution in [1.29, 1.82) is 0 Å². The van der Waals surface area contributed by atoms with Crippen molar-refractivity contribution in [2.24, 2.45) is 0 Å². The Morgan fingerprint density at radius 1 is 1.18 bits per heavy atom. The van der Waals surface area contributed by atoms with E-state index >= 15 is 0 Å². The lowest BCUT2D eigenvalue weighted by atomic mass is 10.1. The fourth-order valence-corrected chi connectivity index (χ4v) is 2.56. The number of halogens is 3. The predicted molar refractivity (Wildman–Crippen MR) is 93.3 cm³/mol. The first kappa shape index (κ1) is 19.1. The number of nitrogens with one attached hydrogen (secondary N) is 2. The second kappa shape index (κ2) is 7.51. The Bertz CT molecular complexity index is 1010. The Labute approximate surface area is 156 Å². The van der Waals surface area contributed by atoms with Crippen LogP contribution in [0, 0.1) is 10.1 Å². The molecular formula is C18H13F3N4O3. The molecule has 144 valence electrons. The van der Waals surface area contributed by atoms with E-state index in [2.05, 4.69) is 15.5 Å². The third kappa shape index (κ3) is 4.17. The first-order chi connectivity index (χ1) is 13.3.